The van der Waals surface area contributed by atoms with E-state index in [0.29, 0.717) is 24.7 Å². The Kier molecular flexibility index (Phi) is 7.93. The number of carboxylic acids is 1. The summed E-state index contributed by atoms with van der Waals surface area (Å²) in [5.74, 6) is 6.25. The molecule has 2 saturated carbocycles. The first-order valence-electron chi connectivity index (χ1n) is 9.76. The van der Waals surface area contributed by atoms with E-state index in [1.807, 2.05) is 19.1 Å². The van der Waals surface area contributed by atoms with Gasteiger partial charge in [0.2, 0.25) is 0 Å². The Hall–Kier alpha value is -1.57. The normalized spacial score (nSPS) is 31.6. The molecule has 0 saturated heterocycles. The van der Waals surface area contributed by atoms with Gasteiger partial charge in [-0.05, 0) is 56.8 Å². The van der Waals surface area contributed by atoms with Gasteiger partial charge < -0.3 is 15.3 Å². The lowest BCUT2D eigenvalue weighted by atomic mass is 9.89. The average molecular weight is 360 g/mol. The molecule has 2 aliphatic carbocycles. The Morgan fingerprint density at radius 2 is 2.15 bits per heavy atom. The molecule has 0 heterocycles. The topological polar surface area (TPSA) is 77.8 Å². The fourth-order valence-electron chi connectivity index (χ4n) is 4.31. The number of fused-ring (bicyclic) bond motifs is 1. The SMILES string of the molecule is CC#CC[C@H](C)[C@H](O)/C=C\[C@@H]1[C@H]2C/C(=C\CCCC(=O)O)C[C@H]2C[C@H]1O. The summed E-state index contributed by atoms with van der Waals surface area (Å²) in [5.41, 5.74) is 1.41. The van der Waals surface area contributed by atoms with Crippen LogP contribution in [0.15, 0.2) is 23.8 Å². The van der Waals surface area contributed by atoms with Crippen LogP contribution in [-0.4, -0.2) is 33.5 Å². The van der Waals surface area contributed by atoms with E-state index >= 15 is 0 Å². The molecule has 0 radical (unpaired) electrons. The number of hydrogen-bond donors (Lipinski definition) is 3. The third kappa shape index (κ3) is 5.72. The number of unbranched alkanes of at least 4 members (excludes halogenated alkanes) is 1. The van der Waals surface area contributed by atoms with Crippen molar-refractivity contribution in [1.29, 1.82) is 0 Å². The summed E-state index contributed by atoms with van der Waals surface area (Å²) >= 11 is 0. The van der Waals surface area contributed by atoms with Gasteiger partial charge in [0.15, 0.2) is 0 Å². The predicted octanol–water partition coefficient (Wildman–Crippen LogP) is 3.54. The van der Waals surface area contributed by atoms with Gasteiger partial charge in [-0.15, -0.1) is 11.8 Å². The van der Waals surface area contributed by atoms with Crippen LogP contribution in [0.5, 0.6) is 0 Å². The quantitative estimate of drug-likeness (QED) is 0.351. The highest BCUT2D eigenvalue weighted by molar-refractivity contribution is 5.66. The van der Waals surface area contributed by atoms with Crippen LogP contribution in [0.25, 0.3) is 0 Å². The van der Waals surface area contributed by atoms with Crippen molar-refractivity contribution in [2.24, 2.45) is 23.7 Å². The zero-order chi connectivity index (χ0) is 19.1. The van der Waals surface area contributed by atoms with E-state index < -0.39 is 12.1 Å². The van der Waals surface area contributed by atoms with Crippen molar-refractivity contribution in [2.75, 3.05) is 0 Å². The molecule has 2 aliphatic rings. The van der Waals surface area contributed by atoms with Crippen LogP contribution in [-0.2, 0) is 4.79 Å². The van der Waals surface area contributed by atoms with Crippen molar-refractivity contribution >= 4 is 5.97 Å². The van der Waals surface area contributed by atoms with Gasteiger partial charge in [-0.1, -0.05) is 30.7 Å². The lowest BCUT2D eigenvalue weighted by Gasteiger charge is -2.19. The molecule has 4 nitrogen and oxygen atoms in total. The summed E-state index contributed by atoms with van der Waals surface area (Å²) in [7, 11) is 0. The van der Waals surface area contributed by atoms with Gasteiger partial charge in [-0.2, -0.15) is 0 Å². The van der Waals surface area contributed by atoms with Crippen LogP contribution >= 0.6 is 0 Å². The molecule has 4 heteroatoms. The summed E-state index contributed by atoms with van der Waals surface area (Å²) < 4.78 is 0. The van der Waals surface area contributed by atoms with Crippen molar-refractivity contribution in [3.8, 4) is 11.8 Å². The number of rotatable bonds is 8. The Labute approximate surface area is 157 Å². The Bertz CT molecular complexity index is 595. The number of allylic oxidation sites excluding steroid dienone is 2. The first kappa shape index (κ1) is 20.7. The molecule has 2 rings (SSSR count). The monoisotopic (exact) mass is 360 g/mol. The third-order valence-corrected chi connectivity index (χ3v) is 5.85. The van der Waals surface area contributed by atoms with Gasteiger partial charge in [-0.25, -0.2) is 0 Å². The van der Waals surface area contributed by atoms with E-state index in [9.17, 15) is 15.0 Å². The molecule has 0 aromatic heterocycles. The van der Waals surface area contributed by atoms with Crippen molar-refractivity contribution in [1.82, 2.24) is 0 Å². The number of aliphatic carboxylic acids is 1. The van der Waals surface area contributed by atoms with Gasteiger partial charge in [0.1, 0.15) is 0 Å². The van der Waals surface area contributed by atoms with Gasteiger partial charge in [0.25, 0.3) is 0 Å². The van der Waals surface area contributed by atoms with E-state index in [1.54, 1.807) is 6.92 Å². The van der Waals surface area contributed by atoms with E-state index in [0.717, 1.165) is 25.7 Å². The molecule has 0 bridgehead atoms. The van der Waals surface area contributed by atoms with Crippen LogP contribution in [0.1, 0.15) is 58.8 Å². The maximum absolute atomic E-state index is 10.6. The van der Waals surface area contributed by atoms with Crippen molar-refractivity contribution < 1.29 is 20.1 Å². The second kappa shape index (κ2) is 9.94. The van der Waals surface area contributed by atoms with E-state index in [-0.39, 0.29) is 24.4 Å². The molecule has 0 aromatic rings. The van der Waals surface area contributed by atoms with E-state index in [4.69, 9.17) is 5.11 Å². The molecular weight excluding hydrogens is 328 g/mol. The standard InChI is InChI=1S/C22H32O4/c1-3-4-7-15(2)20(23)11-10-18-19-13-16(8-5-6-9-22(25)26)12-17(19)14-21(18)24/h8,10-11,15,17-21,23-24H,5-7,9,12-14H2,1-2H3,(H,25,26)/b11-10-,16-8-/t15-,17-,18+,19-,20+,21+/m0/s1. The van der Waals surface area contributed by atoms with Crippen LogP contribution < -0.4 is 0 Å². The summed E-state index contributed by atoms with van der Waals surface area (Å²) in [4.78, 5) is 10.6. The van der Waals surface area contributed by atoms with E-state index in [2.05, 4.69) is 17.9 Å². The lowest BCUT2D eigenvalue weighted by molar-refractivity contribution is -0.137. The average Bonchev–Trinajstić information content (AvgIpc) is 3.10. The first-order chi connectivity index (χ1) is 12.4. The predicted molar refractivity (Wildman–Crippen MR) is 102 cm³/mol. The maximum Gasteiger partial charge on any atom is 0.303 e. The summed E-state index contributed by atoms with van der Waals surface area (Å²) in [5, 5.41) is 29.4. The zero-order valence-corrected chi connectivity index (χ0v) is 15.9. The second-order valence-electron chi connectivity index (χ2n) is 7.84. The first-order valence-corrected chi connectivity index (χ1v) is 9.76. The number of aliphatic hydroxyl groups is 2. The number of carbonyl (C=O) groups is 1. The molecule has 0 unspecified atom stereocenters. The molecular formula is C22H32O4. The summed E-state index contributed by atoms with van der Waals surface area (Å²) in [6.45, 7) is 3.79. The molecule has 3 N–H and O–H groups in total. The largest absolute Gasteiger partial charge is 0.481 e. The summed E-state index contributed by atoms with van der Waals surface area (Å²) in [6.07, 6.45) is 10.4. The van der Waals surface area contributed by atoms with Crippen LogP contribution in [0, 0.1) is 35.5 Å². The van der Waals surface area contributed by atoms with Crippen LogP contribution in [0.3, 0.4) is 0 Å². The fraction of sp³-hybridized carbons (Fsp3) is 0.682. The van der Waals surface area contributed by atoms with Crippen LogP contribution in [0.4, 0.5) is 0 Å². The minimum Gasteiger partial charge on any atom is -0.481 e. The van der Waals surface area contributed by atoms with E-state index in [1.165, 1.54) is 5.57 Å². The molecule has 144 valence electrons. The smallest absolute Gasteiger partial charge is 0.303 e. The molecule has 0 aliphatic heterocycles. The van der Waals surface area contributed by atoms with Crippen molar-refractivity contribution in [2.45, 2.75) is 71.0 Å². The molecule has 6 atom stereocenters. The lowest BCUT2D eigenvalue weighted by Crippen LogP contribution is -2.19. The molecule has 0 spiro atoms. The van der Waals surface area contributed by atoms with Gasteiger partial charge in [0, 0.05) is 18.8 Å². The Balaban J connectivity index is 1.89. The zero-order valence-electron chi connectivity index (χ0n) is 15.9. The summed E-state index contributed by atoms with van der Waals surface area (Å²) in [6, 6.07) is 0. The van der Waals surface area contributed by atoms with Gasteiger partial charge in [-0.3, -0.25) is 4.79 Å². The number of aliphatic hydroxyl groups excluding tert-OH is 2. The highest BCUT2D eigenvalue weighted by Gasteiger charge is 2.44. The van der Waals surface area contributed by atoms with Crippen molar-refractivity contribution in [3.05, 3.63) is 23.8 Å². The fourth-order valence-corrected chi connectivity index (χ4v) is 4.31. The molecule has 26 heavy (non-hydrogen) atoms. The number of carboxylic acid groups (broad SMARTS) is 1. The third-order valence-electron chi connectivity index (χ3n) is 5.85. The van der Waals surface area contributed by atoms with Crippen LogP contribution in [0.2, 0.25) is 0 Å². The molecule has 0 aromatic carbocycles. The van der Waals surface area contributed by atoms with Gasteiger partial charge >= 0.3 is 5.97 Å². The highest BCUT2D eigenvalue weighted by atomic mass is 16.4. The number of hydrogen-bond acceptors (Lipinski definition) is 3. The Morgan fingerprint density at radius 1 is 1.38 bits per heavy atom. The minimum atomic E-state index is -0.738. The Morgan fingerprint density at radius 3 is 2.85 bits per heavy atom. The molecule has 2 fully saturated rings. The van der Waals surface area contributed by atoms with Crippen molar-refractivity contribution in [3.63, 3.8) is 0 Å². The highest BCUT2D eigenvalue weighted by Crippen LogP contribution is 2.50. The second-order valence-corrected chi connectivity index (χ2v) is 7.84. The van der Waals surface area contributed by atoms with Gasteiger partial charge in [0.05, 0.1) is 12.2 Å². The molecule has 0 amide bonds. The minimum absolute atomic E-state index is 0.0845. The maximum atomic E-state index is 10.6.